The quantitative estimate of drug-likeness (QED) is 0.719. The number of hydrogen-bond donors (Lipinski definition) is 1. The largest absolute Gasteiger partial charge is 0.463 e. The summed E-state index contributed by atoms with van der Waals surface area (Å²) in [4.78, 5) is 4.23. The maximum absolute atomic E-state index is 13.8. The Kier molecular flexibility index (Phi) is 4.96. The Morgan fingerprint density at radius 3 is 2.79 bits per heavy atom. The van der Waals surface area contributed by atoms with Gasteiger partial charge in [0.2, 0.25) is 0 Å². The van der Waals surface area contributed by atoms with Gasteiger partial charge in [-0.2, -0.15) is 4.98 Å². The molecule has 24 heavy (non-hydrogen) atoms. The van der Waals surface area contributed by atoms with E-state index in [0.717, 1.165) is 5.56 Å². The number of nitrogens with one attached hydrogen (secondary N) is 1. The number of aromatic nitrogens is 3. The lowest BCUT2D eigenvalue weighted by Gasteiger charge is -2.11. The fourth-order valence-electron chi connectivity index (χ4n) is 2.15. The molecule has 2 aromatic carbocycles. The zero-order valence-corrected chi connectivity index (χ0v) is 13.7. The normalized spacial score (nSPS) is 10.6. The van der Waals surface area contributed by atoms with Crippen LogP contribution in [0.4, 0.5) is 4.39 Å². The predicted molar refractivity (Wildman–Crippen MR) is 88.3 cm³/mol. The van der Waals surface area contributed by atoms with Gasteiger partial charge in [0.05, 0.1) is 6.61 Å². The van der Waals surface area contributed by atoms with Crippen molar-refractivity contribution in [3.05, 3.63) is 64.7 Å². The second-order valence-corrected chi connectivity index (χ2v) is 5.40. The number of para-hydroxylation sites is 1. The molecule has 124 valence electrons. The van der Waals surface area contributed by atoms with Gasteiger partial charge in [0.1, 0.15) is 11.6 Å². The summed E-state index contributed by atoms with van der Waals surface area (Å²) in [6.45, 7) is 2.34. The second kappa shape index (κ2) is 7.31. The van der Waals surface area contributed by atoms with Gasteiger partial charge in [-0.1, -0.05) is 29.8 Å². The molecule has 1 aromatic heterocycles. The lowest BCUT2D eigenvalue weighted by Crippen LogP contribution is -1.97. The molecule has 0 unspecified atom stereocenters. The molecule has 3 rings (SSSR count). The molecule has 0 saturated heterocycles. The first-order chi connectivity index (χ1) is 11.7. The van der Waals surface area contributed by atoms with Crippen molar-refractivity contribution < 1.29 is 13.9 Å². The number of benzene rings is 2. The van der Waals surface area contributed by atoms with Crippen molar-refractivity contribution in [1.82, 2.24) is 15.2 Å². The highest BCUT2D eigenvalue weighted by atomic mass is 35.5. The van der Waals surface area contributed by atoms with Gasteiger partial charge in [-0.15, -0.1) is 5.10 Å². The van der Waals surface area contributed by atoms with Crippen LogP contribution < -0.4 is 9.47 Å². The van der Waals surface area contributed by atoms with E-state index in [1.54, 1.807) is 36.4 Å². The van der Waals surface area contributed by atoms with Crippen molar-refractivity contribution in [3.63, 3.8) is 0 Å². The van der Waals surface area contributed by atoms with Gasteiger partial charge < -0.3 is 9.47 Å². The Labute approximate surface area is 143 Å². The fourth-order valence-corrected chi connectivity index (χ4v) is 2.31. The SMILES string of the molecule is CCOc1n[nH]c(Cc2ccc(Cl)cc2Oc2ccccc2F)n1. The van der Waals surface area contributed by atoms with Crippen molar-refractivity contribution in [1.29, 1.82) is 0 Å². The summed E-state index contributed by atoms with van der Waals surface area (Å²) < 4.78 is 24.7. The third-order valence-corrected chi connectivity index (χ3v) is 3.46. The number of nitrogens with zero attached hydrogens (tertiary/aromatic N) is 2. The van der Waals surface area contributed by atoms with Gasteiger partial charge >= 0.3 is 6.01 Å². The Balaban J connectivity index is 1.86. The van der Waals surface area contributed by atoms with E-state index in [-0.39, 0.29) is 11.8 Å². The lowest BCUT2D eigenvalue weighted by atomic mass is 10.1. The zero-order chi connectivity index (χ0) is 16.9. The van der Waals surface area contributed by atoms with Gasteiger partial charge in [0.15, 0.2) is 11.6 Å². The Bertz CT molecular complexity index is 838. The number of halogens is 2. The molecule has 5 nitrogen and oxygen atoms in total. The minimum Gasteiger partial charge on any atom is -0.463 e. The maximum atomic E-state index is 13.8. The summed E-state index contributed by atoms with van der Waals surface area (Å²) in [5.74, 6) is 0.761. The van der Waals surface area contributed by atoms with Gasteiger partial charge in [-0.25, -0.2) is 4.39 Å². The van der Waals surface area contributed by atoms with Gasteiger partial charge in [0, 0.05) is 17.0 Å². The van der Waals surface area contributed by atoms with Crippen molar-refractivity contribution in [2.24, 2.45) is 0 Å². The smallest absolute Gasteiger partial charge is 0.335 e. The van der Waals surface area contributed by atoms with E-state index in [0.29, 0.717) is 29.6 Å². The third-order valence-electron chi connectivity index (χ3n) is 3.23. The Hall–Kier alpha value is -2.60. The van der Waals surface area contributed by atoms with E-state index >= 15 is 0 Å². The number of H-pyrrole nitrogens is 1. The summed E-state index contributed by atoms with van der Waals surface area (Å²) >= 11 is 6.04. The van der Waals surface area contributed by atoms with Crippen molar-refractivity contribution in [2.75, 3.05) is 6.61 Å². The standard InChI is InChI=1S/C17H15ClFN3O2/c1-2-23-17-20-16(21-22-17)9-11-7-8-12(18)10-15(11)24-14-6-4-3-5-13(14)19/h3-8,10H,2,9H2,1H3,(H,20,21,22). The van der Waals surface area contributed by atoms with Crippen LogP contribution in [0, 0.1) is 5.82 Å². The average Bonchev–Trinajstić information content (AvgIpc) is 3.00. The summed E-state index contributed by atoms with van der Waals surface area (Å²) in [7, 11) is 0. The van der Waals surface area contributed by atoms with Crippen LogP contribution in [0.3, 0.4) is 0 Å². The molecule has 0 bridgehead atoms. The number of ether oxygens (including phenoxy) is 2. The molecule has 1 heterocycles. The van der Waals surface area contributed by atoms with Crippen LogP contribution in [0.5, 0.6) is 17.5 Å². The van der Waals surface area contributed by atoms with Crippen LogP contribution in [0.15, 0.2) is 42.5 Å². The van der Waals surface area contributed by atoms with Crippen LogP contribution in [0.25, 0.3) is 0 Å². The molecule has 0 aliphatic carbocycles. The molecule has 0 saturated carbocycles. The number of aromatic amines is 1. The molecular weight excluding hydrogens is 333 g/mol. The van der Waals surface area contributed by atoms with Crippen molar-refractivity contribution in [2.45, 2.75) is 13.3 Å². The van der Waals surface area contributed by atoms with Crippen molar-refractivity contribution in [3.8, 4) is 17.5 Å². The lowest BCUT2D eigenvalue weighted by molar-refractivity contribution is 0.314. The highest BCUT2D eigenvalue weighted by molar-refractivity contribution is 6.30. The van der Waals surface area contributed by atoms with Crippen LogP contribution in [0.2, 0.25) is 5.02 Å². The van der Waals surface area contributed by atoms with E-state index in [9.17, 15) is 4.39 Å². The number of rotatable bonds is 6. The molecule has 1 N–H and O–H groups in total. The van der Waals surface area contributed by atoms with E-state index in [2.05, 4.69) is 15.2 Å². The third kappa shape index (κ3) is 3.83. The molecule has 0 aliphatic rings. The molecule has 0 atom stereocenters. The first-order valence-corrected chi connectivity index (χ1v) is 7.78. The summed E-state index contributed by atoms with van der Waals surface area (Å²) in [6, 6.07) is 11.7. The molecule has 0 spiro atoms. The van der Waals surface area contributed by atoms with Gasteiger partial charge in [0.25, 0.3) is 0 Å². The van der Waals surface area contributed by atoms with Crippen LogP contribution in [-0.4, -0.2) is 21.8 Å². The summed E-state index contributed by atoms with van der Waals surface area (Å²) in [5.41, 5.74) is 0.793. The molecule has 7 heteroatoms. The topological polar surface area (TPSA) is 60.0 Å². The zero-order valence-electron chi connectivity index (χ0n) is 12.9. The highest BCUT2D eigenvalue weighted by Crippen LogP contribution is 2.31. The predicted octanol–water partition coefficient (Wildman–Crippen LogP) is 4.38. The average molecular weight is 348 g/mol. The highest BCUT2D eigenvalue weighted by Gasteiger charge is 2.12. The van der Waals surface area contributed by atoms with Crippen LogP contribution >= 0.6 is 11.6 Å². The number of hydrogen-bond acceptors (Lipinski definition) is 4. The second-order valence-electron chi connectivity index (χ2n) is 4.96. The van der Waals surface area contributed by atoms with Gasteiger partial charge in [-0.05, 0) is 31.2 Å². The van der Waals surface area contributed by atoms with Gasteiger partial charge in [-0.3, -0.25) is 5.10 Å². The minimum absolute atomic E-state index is 0.133. The van der Waals surface area contributed by atoms with E-state index < -0.39 is 5.82 Å². The van der Waals surface area contributed by atoms with E-state index in [1.807, 2.05) is 6.92 Å². The van der Waals surface area contributed by atoms with E-state index in [4.69, 9.17) is 21.1 Å². The monoisotopic (exact) mass is 347 g/mol. The molecule has 0 fully saturated rings. The Morgan fingerprint density at radius 2 is 2.00 bits per heavy atom. The van der Waals surface area contributed by atoms with E-state index in [1.165, 1.54) is 6.07 Å². The molecule has 0 amide bonds. The first kappa shape index (κ1) is 16.3. The fraction of sp³-hybridized carbons (Fsp3) is 0.176. The molecule has 0 radical (unpaired) electrons. The first-order valence-electron chi connectivity index (χ1n) is 7.40. The van der Waals surface area contributed by atoms with Crippen LogP contribution in [-0.2, 0) is 6.42 Å². The van der Waals surface area contributed by atoms with Crippen molar-refractivity contribution >= 4 is 11.6 Å². The molecular formula is C17H15ClFN3O2. The van der Waals surface area contributed by atoms with Crippen LogP contribution in [0.1, 0.15) is 18.3 Å². The summed E-state index contributed by atoms with van der Waals surface area (Å²) in [5, 5.41) is 7.27. The molecule has 0 aliphatic heterocycles. The Morgan fingerprint density at radius 1 is 1.17 bits per heavy atom. The maximum Gasteiger partial charge on any atom is 0.335 e. The summed E-state index contributed by atoms with van der Waals surface area (Å²) in [6.07, 6.45) is 0.418. The minimum atomic E-state index is -0.443. The molecule has 3 aromatic rings.